The topological polar surface area (TPSA) is 66.4 Å². The minimum atomic E-state index is -1.01. The molecule has 1 unspecified atom stereocenters. The number of carbonyl (C=O) groups excluding carboxylic acids is 1. The third-order valence-electron chi connectivity index (χ3n) is 3.05. The fourth-order valence-electron chi connectivity index (χ4n) is 2.06. The fraction of sp³-hybridized carbons (Fsp3) is 0.286. The first-order valence-electron chi connectivity index (χ1n) is 6.05. The number of hydrogen-bond donors (Lipinski definition) is 2. The van der Waals surface area contributed by atoms with E-state index in [1.807, 2.05) is 0 Å². The molecule has 0 aromatic heterocycles. The molecule has 2 N–H and O–H groups in total. The molecule has 0 saturated heterocycles. The number of carboxylic acids is 1. The smallest absolute Gasteiger partial charge is 0.335 e. The molecule has 1 aliphatic rings. The maximum atomic E-state index is 11.9. The Bertz CT molecular complexity index is 539. The van der Waals surface area contributed by atoms with Gasteiger partial charge in [0.15, 0.2) is 0 Å². The Labute approximate surface area is 119 Å². The largest absolute Gasteiger partial charge is 0.478 e. The Hall–Kier alpha value is -1.62. The number of nitrogens with one attached hydrogen (secondary N) is 1. The van der Waals surface area contributed by atoms with Gasteiger partial charge in [0.25, 0.3) is 0 Å². The number of carboxylic acid groups (broad SMARTS) is 1. The van der Waals surface area contributed by atoms with Crippen molar-refractivity contribution in [3.8, 4) is 0 Å². The third-order valence-corrected chi connectivity index (χ3v) is 3.74. The van der Waals surface area contributed by atoms with Gasteiger partial charge in [-0.1, -0.05) is 12.2 Å². The van der Waals surface area contributed by atoms with Crippen molar-refractivity contribution in [2.45, 2.75) is 19.3 Å². The summed E-state index contributed by atoms with van der Waals surface area (Å²) < 4.78 is 0.674. The van der Waals surface area contributed by atoms with Crippen LogP contribution in [0.4, 0.5) is 5.69 Å². The molecule has 1 amide bonds. The Morgan fingerprint density at radius 1 is 1.42 bits per heavy atom. The van der Waals surface area contributed by atoms with Crippen molar-refractivity contribution < 1.29 is 14.7 Å². The van der Waals surface area contributed by atoms with E-state index < -0.39 is 5.97 Å². The fourth-order valence-corrected chi connectivity index (χ4v) is 2.40. The zero-order chi connectivity index (χ0) is 13.8. The van der Waals surface area contributed by atoms with Crippen LogP contribution in [0.1, 0.15) is 29.6 Å². The molecule has 19 heavy (non-hydrogen) atoms. The van der Waals surface area contributed by atoms with E-state index in [-0.39, 0.29) is 11.5 Å². The van der Waals surface area contributed by atoms with Crippen molar-refractivity contribution in [1.29, 1.82) is 0 Å². The van der Waals surface area contributed by atoms with E-state index in [1.165, 1.54) is 12.1 Å². The van der Waals surface area contributed by atoms with E-state index >= 15 is 0 Å². The minimum absolute atomic E-state index is 0.0974. The van der Waals surface area contributed by atoms with Gasteiger partial charge in [-0.15, -0.1) is 0 Å². The summed E-state index contributed by atoms with van der Waals surface area (Å²) in [5.41, 5.74) is 0.645. The van der Waals surface area contributed by atoms with Gasteiger partial charge in [-0.25, -0.2) is 4.79 Å². The molecule has 0 aliphatic heterocycles. The van der Waals surface area contributed by atoms with Crippen molar-refractivity contribution in [3.63, 3.8) is 0 Å². The van der Waals surface area contributed by atoms with Crippen LogP contribution < -0.4 is 5.32 Å². The van der Waals surface area contributed by atoms with E-state index in [0.717, 1.165) is 12.8 Å². The first-order chi connectivity index (χ1) is 9.06. The van der Waals surface area contributed by atoms with Crippen LogP contribution in [-0.4, -0.2) is 17.0 Å². The second kappa shape index (κ2) is 6.02. The Morgan fingerprint density at radius 3 is 2.84 bits per heavy atom. The third kappa shape index (κ3) is 3.67. The molecule has 1 atom stereocenters. The summed E-state index contributed by atoms with van der Waals surface area (Å²) in [5.74, 6) is -0.817. The normalized spacial score (nSPS) is 17.4. The molecular formula is C14H14BrNO3. The molecule has 100 valence electrons. The zero-order valence-electron chi connectivity index (χ0n) is 10.2. The van der Waals surface area contributed by atoms with Crippen LogP contribution in [0.5, 0.6) is 0 Å². The number of benzene rings is 1. The molecule has 4 nitrogen and oxygen atoms in total. The van der Waals surface area contributed by atoms with Crippen molar-refractivity contribution >= 4 is 33.5 Å². The van der Waals surface area contributed by atoms with Crippen LogP contribution in [0, 0.1) is 5.92 Å². The molecule has 0 bridgehead atoms. The molecule has 2 rings (SSSR count). The van der Waals surface area contributed by atoms with Gasteiger partial charge < -0.3 is 10.4 Å². The van der Waals surface area contributed by atoms with Crippen molar-refractivity contribution in [3.05, 3.63) is 40.4 Å². The highest BCUT2D eigenvalue weighted by molar-refractivity contribution is 9.10. The predicted octanol–water partition coefficient (Wildman–Crippen LogP) is 3.44. The van der Waals surface area contributed by atoms with Crippen molar-refractivity contribution in [1.82, 2.24) is 0 Å². The number of amides is 1. The van der Waals surface area contributed by atoms with E-state index in [9.17, 15) is 9.59 Å². The van der Waals surface area contributed by atoms with Gasteiger partial charge in [0.2, 0.25) is 5.91 Å². The molecule has 1 aromatic carbocycles. The molecule has 0 spiro atoms. The van der Waals surface area contributed by atoms with E-state index in [4.69, 9.17) is 5.11 Å². The van der Waals surface area contributed by atoms with Crippen LogP contribution in [-0.2, 0) is 4.79 Å². The highest BCUT2D eigenvalue weighted by Gasteiger charge is 2.15. The second-order valence-corrected chi connectivity index (χ2v) is 5.37. The summed E-state index contributed by atoms with van der Waals surface area (Å²) >= 11 is 3.30. The Kier molecular flexibility index (Phi) is 4.37. The number of rotatable bonds is 4. The summed E-state index contributed by atoms with van der Waals surface area (Å²) in [5, 5.41) is 11.7. The van der Waals surface area contributed by atoms with Gasteiger partial charge in [0.05, 0.1) is 11.3 Å². The molecule has 0 radical (unpaired) electrons. The molecule has 0 heterocycles. The van der Waals surface area contributed by atoms with Crippen LogP contribution >= 0.6 is 15.9 Å². The molecular weight excluding hydrogens is 310 g/mol. The lowest BCUT2D eigenvalue weighted by Gasteiger charge is -2.10. The lowest BCUT2D eigenvalue weighted by atomic mass is 10.0. The molecule has 5 heteroatoms. The van der Waals surface area contributed by atoms with E-state index in [0.29, 0.717) is 22.5 Å². The number of anilines is 1. The number of halogens is 1. The highest BCUT2D eigenvalue weighted by atomic mass is 79.9. The van der Waals surface area contributed by atoms with Gasteiger partial charge in [0, 0.05) is 10.9 Å². The predicted molar refractivity (Wildman–Crippen MR) is 76.2 cm³/mol. The first kappa shape index (κ1) is 13.8. The average Bonchev–Trinajstić information content (AvgIpc) is 2.84. The number of hydrogen-bond acceptors (Lipinski definition) is 2. The molecule has 0 fully saturated rings. The Balaban J connectivity index is 2.05. The summed E-state index contributed by atoms with van der Waals surface area (Å²) in [7, 11) is 0. The second-order valence-electron chi connectivity index (χ2n) is 4.52. The van der Waals surface area contributed by atoms with Crippen LogP contribution in [0.3, 0.4) is 0 Å². The maximum Gasteiger partial charge on any atom is 0.335 e. The minimum Gasteiger partial charge on any atom is -0.478 e. The number of allylic oxidation sites excluding steroid dienone is 2. The number of aromatic carboxylic acids is 1. The van der Waals surface area contributed by atoms with Gasteiger partial charge >= 0.3 is 5.97 Å². The molecule has 0 saturated carbocycles. The Morgan fingerprint density at radius 2 is 2.21 bits per heavy atom. The monoisotopic (exact) mass is 323 g/mol. The van der Waals surface area contributed by atoms with Crippen LogP contribution in [0.15, 0.2) is 34.8 Å². The number of carbonyl (C=O) groups is 2. The first-order valence-corrected chi connectivity index (χ1v) is 6.85. The molecule has 1 aromatic rings. The van der Waals surface area contributed by atoms with Crippen molar-refractivity contribution in [2.75, 3.05) is 5.32 Å². The van der Waals surface area contributed by atoms with Gasteiger partial charge in [-0.05, 0) is 52.9 Å². The standard InChI is InChI=1S/C14H14BrNO3/c15-11-6-5-10(14(18)19)8-12(11)16-13(17)7-9-3-1-2-4-9/h1,3,5-6,8-9H,2,4,7H2,(H,16,17)(H,18,19). The van der Waals surface area contributed by atoms with Gasteiger partial charge in [0.1, 0.15) is 0 Å². The lowest BCUT2D eigenvalue weighted by molar-refractivity contribution is -0.116. The van der Waals surface area contributed by atoms with E-state index in [1.54, 1.807) is 6.07 Å². The summed E-state index contributed by atoms with van der Waals surface area (Å²) in [6, 6.07) is 4.56. The van der Waals surface area contributed by atoms with Gasteiger partial charge in [-0.2, -0.15) is 0 Å². The van der Waals surface area contributed by atoms with Gasteiger partial charge in [-0.3, -0.25) is 4.79 Å². The summed E-state index contributed by atoms with van der Waals surface area (Å²) in [6.07, 6.45) is 6.60. The summed E-state index contributed by atoms with van der Waals surface area (Å²) in [6.45, 7) is 0. The van der Waals surface area contributed by atoms with Crippen molar-refractivity contribution in [2.24, 2.45) is 5.92 Å². The van der Waals surface area contributed by atoms with Crippen LogP contribution in [0.25, 0.3) is 0 Å². The highest BCUT2D eigenvalue weighted by Crippen LogP contribution is 2.25. The van der Waals surface area contributed by atoms with E-state index in [2.05, 4.69) is 33.4 Å². The zero-order valence-corrected chi connectivity index (χ0v) is 11.8. The molecule has 1 aliphatic carbocycles. The SMILES string of the molecule is O=C(CC1C=CCC1)Nc1cc(C(=O)O)ccc1Br. The average molecular weight is 324 g/mol. The quantitative estimate of drug-likeness (QED) is 0.834. The van der Waals surface area contributed by atoms with Crippen LogP contribution in [0.2, 0.25) is 0 Å². The lowest BCUT2D eigenvalue weighted by Crippen LogP contribution is -2.15. The maximum absolute atomic E-state index is 11.9. The summed E-state index contributed by atoms with van der Waals surface area (Å²) in [4.78, 5) is 22.8.